The first kappa shape index (κ1) is 20.9. The number of aryl methyl sites for hydroxylation is 1. The van der Waals surface area contributed by atoms with Crippen molar-refractivity contribution in [3.8, 4) is 0 Å². The molecule has 0 saturated heterocycles. The van der Waals surface area contributed by atoms with Crippen LogP contribution in [0.5, 0.6) is 0 Å². The molecule has 0 saturated carbocycles. The van der Waals surface area contributed by atoms with Crippen molar-refractivity contribution in [2.75, 3.05) is 17.2 Å². The van der Waals surface area contributed by atoms with Crippen molar-refractivity contribution >= 4 is 29.2 Å². The minimum absolute atomic E-state index is 0.0186. The number of hydrogen-bond acceptors (Lipinski definition) is 4. The predicted molar refractivity (Wildman–Crippen MR) is 95.9 cm³/mol. The predicted octanol–water partition coefficient (Wildman–Crippen LogP) is 3.55. The molecule has 0 fully saturated rings. The Morgan fingerprint density at radius 3 is 1.96 bits per heavy atom. The molecule has 28 heavy (non-hydrogen) atoms. The molecule has 2 N–H and O–H groups in total. The smallest absolute Gasteiger partial charge is 0.452 e. The zero-order valence-electron chi connectivity index (χ0n) is 14.8. The molecule has 6 nitrogen and oxygen atoms in total. The highest BCUT2D eigenvalue weighted by Crippen LogP contribution is 2.18. The highest BCUT2D eigenvalue weighted by atomic mass is 19.4. The third-order valence-electron chi connectivity index (χ3n) is 3.62. The molecule has 2 amide bonds. The number of ether oxygens (including phenoxy) is 1. The zero-order chi connectivity index (χ0) is 20.7. The van der Waals surface area contributed by atoms with Crippen molar-refractivity contribution in [2.24, 2.45) is 0 Å². The Kier molecular flexibility index (Phi) is 6.75. The summed E-state index contributed by atoms with van der Waals surface area (Å²) in [4.78, 5) is 34.6. The Bertz CT molecular complexity index is 847. The van der Waals surface area contributed by atoms with Crippen LogP contribution in [0.3, 0.4) is 0 Å². The van der Waals surface area contributed by atoms with Gasteiger partial charge in [-0.25, -0.2) is 4.79 Å². The summed E-state index contributed by atoms with van der Waals surface area (Å²) in [5.74, 6) is -3.48. The number of anilines is 2. The third kappa shape index (κ3) is 6.11. The van der Waals surface area contributed by atoms with Crippen molar-refractivity contribution in [3.05, 3.63) is 59.7 Å². The average molecular weight is 394 g/mol. The van der Waals surface area contributed by atoms with Gasteiger partial charge < -0.3 is 15.4 Å². The molecule has 2 rings (SSSR count). The van der Waals surface area contributed by atoms with Crippen molar-refractivity contribution < 1.29 is 32.3 Å². The molecule has 0 aromatic heterocycles. The minimum atomic E-state index is -5.01. The van der Waals surface area contributed by atoms with Gasteiger partial charge in [-0.15, -0.1) is 0 Å². The highest BCUT2D eigenvalue weighted by Gasteiger charge is 2.38. The summed E-state index contributed by atoms with van der Waals surface area (Å²) in [6, 6.07) is 11.8. The SMILES string of the molecule is CCc1ccc(NC(=O)COC(=O)c2ccc(NC(=O)C(F)(F)F)cc2)cc1. The van der Waals surface area contributed by atoms with Gasteiger partial charge in [0, 0.05) is 11.4 Å². The zero-order valence-corrected chi connectivity index (χ0v) is 14.8. The van der Waals surface area contributed by atoms with E-state index in [0.29, 0.717) is 5.69 Å². The van der Waals surface area contributed by atoms with Crippen molar-refractivity contribution in [1.82, 2.24) is 0 Å². The molecule has 0 aliphatic rings. The van der Waals surface area contributed by atoms with Gasteiger partial charge in [0.2, 0.25) is 0 Å². The van der Waals surface area contributed by atoms with E-state index in [1.165, 1.54) is 12.1 Å². The number of benzene rings is 2. The van der Waals surface area contributed by atoms with E-state index < -0.39 is 30.6 Å². The number of hydrogen-bond donors (Lipinski definition) is 2. The third-order valence-corrected chi connectivity index (χ3v) is 3.62. The molecule has 9 heteroatoms. The molecule has 0 aliphatic heterocycles. The van der Waals surface area contributed by atoms with Gasteiger partial charge in [0.05, 0.1) is 5.56 Å². The fourth-order valence-corrected chi connectivity index (χ4v) is 2.13. The van der Waals surface area contributed by atoms with Crippen molar-refractivity contribution in [2.45, 2.75) is 19.5 Å². The van der Waals surface area contributed by atoms with E-state index in [1.54, 1.807) is 17.4 Å². The summed E-state index contributed by atoms with van der Waals surface area (Å²) in [6.07, 6.45) is -4.15. The van der Waals surface area contributed by atoms with Crippen LogP contribution >= 0.6 is 0 Å². The summed E-state index contributed by atoms with van der Waals surface area (Å²) in [7, 11) is 0. The number of carbonyl (C=O) groups excluding carboxylic acids is 3. The molecule has 0 atom stereocenters. The molecule has 0 bridgehead atoms. The van der Waals surface area contributed by atoms with Crippen LogP contribution in [0.15, 0.2) is 48.5 Å². The van der Waals surface area contributed by atoms with Gasteiger partial charge in [-0.1, -0.05) is 19.1 Å². The molecule has 2 aromatic rings. The van der Waals surface area contributed by atoms with E-state index in [0.717, 1.165) is 24.1 Å². The lowest BCUT2D eigenvalue weighted by molar-refractivity contribution is -0.167. The minimum Gasteiger partial charge on any atom is -0.452 e. The summed E-state index contributed by atoms with van der Waals surface area (Å²) < 4.78 is 41.4. The van der Waals surface area contributed by atoms with Crippen LogP contribution in [-0.4, -0.2) is 30.6 Å². The van der Waals surface area contributed by atoms with Crippen LogP contribution in [0.25, 0.3) is 0 Å². The Balaban J connectivity index is 1.85. The van der Waals surface area contributed by atoms with E-state index in [9.17, 15) is 27.6 Å². The van der Waals surface area contributed by atoms with Crippen LogP contribution in [0, 0.1) is 0 Å². The fraction of sp³-hybridized carbons (Fsp3) is 0.211. The van der Waals surface area contributed by atoms with E-state index in [-0.39, 0.29) is 11.3 Å². The topological polar surface area (TPSA) is 84.5 Å². The van der Waals surface area contributed by atoms with Gasteiger partial charge in [-0.2, -0.15) is 13.2 Å². The van der Waals surface area contributed by atoms with Crippen molar-refractivity contribution in [3.63, 3.8) is 0 Å². The monoisotopic (exact) mass is 394 g/mol. The Morgan fingerprint density at radius 2 is 1.43 bits per heavy atom. The number of halogens is 3. The fourth-order valence-electron chi connectivity index (χ4n) is 2.13. The van der Waals surface area contributed by atoms with Gasteiger partial charge in [-0.05, 0) is 48.4 Å². The van der Waals surface area contributed by atoms with Crippen LogP contribution in [0.2, 0.25) is 0 Å². The number of alkyl halides is 3. The maximum atomic E-state index is 12.2. The lowest BCUT2D eigenvalue weighted by Gasteiger charge is -2.09. The molecular formula is C19H17F3N2O4. The maximum absolute atomic E-state index is 12.2. The van der Waals surface area contributed by atoms with Gasteiger partial charge in [0.15, 0.2) is 6.61 Å². The maximum Gasteiger partial charge on any atom is 0.471 e. The van der Waals surface area contributed by atoms with Gasteiger partial charge in [-0.3, -0.25) is 9.59 Å². The molecular weight excluding hydrogens is 377 g/mol. The second kappa shape index (κ2) is 9.03. The Labute approximate surface area is 158 Å². The van der Waals surface area contributed by atoms with E-state index >= 15 is 0 Å². The molecule has 0 radical (unpaired) electrons. The molecule has 2 aromatic carbocycles. The lowest BCUT2D eigenvalue weighted by atomic mass is 10.1. The van der Waals surface area contributed by atoms with Crippen LogP contribution in [0.1, 0.15) is 22.8 Å². The van der Waals surface area contributed by atoms with Crippen LogP contribution in [0.4, 0.5) is 24.5 Å². The Morgan fingerprint density at radius 1 is 0.893 bits per heavy atom. The Hall–Kier alpha value is -3.36. The largest absolute Gasteiger partial charge is 0.471 e. The lowest BCUT2D eigenvalue weighted by Crippen LogP contribution is -2.29. The first-order valence-electron chi connectivity index (χ1n) is 8.23. The van der Waals surface area contributed by atoms with Crippen molar-refractivity contribution in [1.29, 1.82) is 0 Å². The second-order valence-electron chi connectivity index (χ2n) is 5.70. The number of carbonyl (C=O) groups is 3. The van der Waals surface area contributed by atoms with Crippen LogP contribution < -0.4 is 10.6 Å². The van der Waals surface area contributed by atoms with Gasteiger partial charge in [0.1, 0.15) is 0 Å². The molecule has 0 unspecified atom stereocenters. The number of amides is 2. The first-order chi connectivity index (χ1) is 13.2. The van der Waals surface area contributed by atoms with Gasteiger partial charge in [0.25, 0.3) is 5.91 Å². The molecule has 0 heterocycles. The number of nitrogens with one attached hydrogen (secondary N) is 2. The van der Waals surface area contributed by atoms with E-state index in [1.807, 2.05) is 19.1 Å². The summed E-state index contributed by atoms with van der Waals surface area (Å²) in [6.45, 7) is 1.48. The normalized spacial score (nSPS) is 10.9. The second-order valence-corrected chi connectivity index (χ2v) is 5.70. The number of esters is 1. The first-order valence-corrected chi connectivity index (χ1v) is 8.23. The van der Waals surface area contributed by atoms with Gasteiger partial charge >= 0.3 is 18.1 Å². The van der Waals surface area contributed by atoms with E-state index in [4.69, 9.17) is 4.74 Å². The summed E-state index contributed by atoms with van der Waals surface area (Å²) in [5.41, 5.74) is 1.56. The molecule has 148 valence electrons. The molecule has 0 aliphatic carbocycles. The highest BCUT2D eigenvalue weighted by molar-refractivity contribution is 5.97. The number of rotatable bonds is 6. The standard InChI is InChI=1S/C19H17F3N2O4/c1-2-12-3-7-14(8-4-12)23-16(25)11-28-17(26)13-5-9-15(10-6-13)24-18(27)19(20,21)22/h3-10H,2,11H2,1H3,(H,23,25)(H,24,27). The van der Waals surface area contributed by atoms with Crippen LogP contribution in [-0.2, 0) is 20.7 Å². The average Bonchev–Trinajstić information content (AvgIpc) is 2.66. The summed E-state index contributed by atoms with van der Waals surface area (Å²) >= 11 is 0. The quantitative estimate of drug-likeness (QED) is 0.734. The van der Waals surface area contributed by atoms with E-state index in [2.05, 4.69) is 5.32 Å². The molecule has 0 spiro atoms. The summed E-state index contributed by atoms with van der Waals surface area (Å²) in [5, 5.41) is 4.23.